The van der Waals surface area contributed by atoms with E-state index in [9.17, 15) is 5.11 Å². The van der Waals surface area contributed by atoms with Gasteiger partial charge in [0.2, 0.25) is 0 Å². The van der Waals surface area contributed by atoms with Crippen LogP contribution in [-0.4, -0.2) is 35.7 Å². The van der Waals surface area contributed by atoms with Gasteiger partial charge in [0.05, 0.1) is 12.7 Å². The summed E-state index contributed by atoms with van der Waals surface area (Å²) in [6.45, 7) is 9.16. The van der Waals surface area contributed by atoms with Crippen molar-refractivity contribution in [1.29, 1.82) is 0 Å². The molecule has 2 atom stereocenters. The first-order chi connectivity index (χ1) is 9.71. The number of nitrogens with zero attached hydrogens (tertiary/aromatic N) is 1. The molecule has 3 heteroatoms. The predicted octanol–water partition coefficient (Wildman–Crippen LogP) is 3.17. The average molecular weight is 277 g/mol. The Bertz CT molecular complexity index is 427. The largest absolute Gasteiger partial charge is 0.494 e. The number of benzene rings is 1. The summed E-state index contributed by atoms with van der Waals surface area (Å²) in [5, 5.41) is 10.7. The first-order valence-corrected chi connectivity index (χ1v) is 7.88. The second-order valence-corrected chi connectivity index (χ2v) is 5.55. The fraction of sp³-hybridized carbons (Fsp3) is 0.647. The van der Waals surface area contributed by atoms with E-state index in [-0.39, 0.29) is 12.1 Å². The van der Waals surface area contributed by atoms with Crippen molar-refractivity contribution < 1.29 is 9.84 Å². The van der Waals surface area contributed by atoms with E-state index in [1.807, 2.05) is 19.1 Å². The molecule has 0 spiro atoms. The molecule has 0 aliphatic heterocycles. The van der Waals surface area contributed by atoms with E-state index in [0.717, 1.165) is 43.7 Å². The van der Waals surface area contributed by atoms with Crippen LogP contribution < -0.4 is 4.74 Å². The van der Waals surface area contributed by atoms with Gasteiger partial charge in [0, 0.05) is 6.04 Å². The standard InChI is InChI=1S/C17H27NO2/c1-4-9-18(10-5-2)16-11-13-7-8-14(20-6-3)12-15(13)17(16)19/h7-8,12,16-17,19H,4-6,9-11H2,1-3H3. The summed E-state index contributed by atoms with van der Waals surface area (Å²) in [6, 6.07) is 6.36. The Morgan fingerprint density at radius 3 is 2.50 bits per heavy atom. The van der Waals surface area contributed by atoms with Crippen LogP contribution >= 0.6 is 0 Å². The lowest BCUT2D eigenvalue weighted by atomic mass is 10.1. The Labute approximate surface area is 122 Å². The van der Waals surface area contributed by atoms with Crippen LogP contribution in [0.15, 0.2) is 18.2 Å². The van der Waals surface area contributed by atoms with Gasteiger partial charge in [-0.3, -0.25) is 4.90 Å². The summed E-state index contributed by atoms with van der Waals surface area (Å²) in [4.78, 5) is 2.44. The van der Waals surface area contributed by atoms with Gasteiger partial charge in [-0.15, -0.1) is 0 Å². The Balaban J connectivity index is 2.16. The third-order valence-corrected chi connectivity index (χ3v) is 4.03. The first kappa shape index (κ1) is 15.3. The lowest BCUT2D eigenvalue weighted by Crippen LogP contribution is -2.39. The summed E-state index contributed by atoms with van der Waals surface area (Å²) >= 11 is 0. The predicted molar refractivity (Wildman–Crippen MR) is 82.2 cm³/mol. The molecule has 0 bridgehead atoms. The minimum absolute atomic E-state index is 0.224. The second-order valence-electron chi connectivity index (χ2n) is 5.55. The number of hydrogen-bond acceptors (Lipinski definition) is 3. The van der Waals surface area contributed by atoms with Gasteiger partial charge in [-0.2, -0.15) is 0 Å². The normalized spacial score (nSPS) is 21.2. The number of fused-ring (bicyclic) bond motifs is 1. The lowest BCUT2D eigenvalue weighted by molar-refractivity contribution is 0.0603. The van der Waals surface area contributed by atoms with Crippen molar-refractivity contribution in [2.75, 3.05) is 19.7 Å². The third kappa shape index (κ3) is 3.15. The van der Waals surface area contributed by atoms with Gasteiger partial charge in [0.25, 0.3) is 0 Å². The van der Waals surface area contributed by atoms with Crippen LogP contribution in [-0.2, 0) is 6.42 Å². The summed E-state index contributed by atoms with van der Waals surface area (Å²) in [5.74, 6) is 0.864. The van der Waals surface area contributed by atoms with Gasteiger partial charge in [-0.25, -0.2) is 0 Å². The highest BCUT2D eigenvalue weighted by atomic mass is 16.5. The molecule has 1 aliphatic rings. The molecule has 0 saturated heterocycles. The molecule has 20 heavy (non-hydrogen) atoms. The molecule has 112 valence electrons. The summed E-state index contributed by atoms with van der Waals surface area (Å²) in [6.07, 6.45) is 2.82. The van der Waals surface area contributed by atoms with Crippen LogP contribution in [0.3, 0.4) is 0 Å². The molecule has 2 unspecified atom stereocenters. The van der Waals surface area contributed by atoms with Crippen LogP contribution in [0, 0.1) is 0 Å². The van der Waals surface area contributed by atoms with Crippen molar-refractivity contribution in [2.45, 2.75) is 52.2 Å². The molecule has 0 heterocycles. The Morgan fingerprint density at radius 1 is 1.20 bits per heavy atom. The van der Waals surface area contributed by atoms with E-state index in [1.54, 1.807) is 0 Å². The van der Waals surface area contributed by atoms with E-state index in [1.165, 1.54) is 5.56 Å². The maximum Gasteiger partial charge on any atom is 0.119 e. The second kappa shape index (κ2) is 7.09. The molecule has 0 radical (unpaired) electrons. The molecule has 1 aromatic carbocycles. The highest BCUT2D eigenvalue weighted by Crippen LogP contribution is 2.36. The zero-order chi connectivity index (χ0) is 14.5. The van der Waals surface area contributed by atoms with Crippen LogP contribution in [0.25, 0.3) is 0 Å². The fourth-order valence-corrected chi connectivity index (χ4v) is 3.18. The van der Waals surface area contributed by atoms with Gasteiger partial charge in [0.15, 0.2) is 0 Å². The molecule has 0 aromatic heterocycles. The topological polar surface area (TPSA) is 32.7 Å². The van der Waals surface area contributed by atoms with E-state index in [2.05, 4.69) is 24.8 Å². The molecule has 2 rings (SSSR count). The smallest absolute Gasteiger partial charge is 0.119 e. The molecular weight excluding hydrogens is 250 g/mol. The molecular formula is C17H27NO2. The summed E-state index contributed by atoms with van der Waals surface area (Å²) < 4.78 is 5.55. The first-order valence-electron chi connectivity index (χ1n) is 7.88. The van der Waals surface area contributed by atoms with Gasteiger partial charge < -0.3 is 9.84 Å². The molecule has 0 amide bonds. The SMILES string of the molecule is CCCN(CCC)C1Cc2ccc(OCC)cc2C1O. The van der Waals surface area contributed by atoms with E-state index >= 15 is 0 Å². The third-order valence-electron chi connectivity index (χ3n) is 4.03. The molecule has 1 aromatic rings. The summed E-state index contributed by atoms with van der Waals surface area (Å²) in [5.41, 5.74) is 2.32. The lowest BCUT2D eigenvalue weighted by Gasteiger charge is -2.30. The zero-order valence-corrected chi connectivity index (χ0v) is 12.9. The fourth-order valence-electron chi connectivity index (χ4n) is 3.18. The number of hydrogen-bond donors (Lipinski definition) is 1. The highest BCUT2D eigenvalue weighted by molar-refractivity contribution is 5.41. The minimum atomic E-state index is -0.386. The maximum absolute atomic E-state index is 10.7. The Kier molecular flexibility index (Phi) is 5.44. The number of aliphatic hydroxyl groups is 1. The van der Waals surface area contributed by atoms with E-state index < -0.39 is 0 Å². The molecule has 1 N–H and O–H groups in total. The number of rotatable bonds is 7. The Hall–Kier alpha value is -1.06. The van der Waals surface area contributed by atoms with Crippen molar-refractivity contribution in [2.24, 2.45) is 0 Å². The maximum atomic E-state index is 10.7. The van der Waals surface area contributed by atoms with Crippen molar-refractivity contribution in [3.05, 3.63) is 29.3 Å². The van der Waals surface area contributed by atoms with Crippen LogP contribution in [0.1, 0.15) is 50.8 Å². The summed E-state index contributed by atoms with van der Waals surface area (Å²) in [7, 11) is 0. The van der Waals surface area contributed by atoms with Crippen molar-refractivity contribution in [3.8, 4) is 5.75 Å². The van der Waals surface area contributed by atoms with Crippen molar-refractivity contribution >= 4 is 0 Å². The monoisotopic (exact) mass is 277 g/mol. The van der Waals surface area contributed by atoms with Gasteiger partial charge in [-0.05, 0) is 62.5 Å². The number of ether oxygens (including phenoxy) is 1. The highest BCUT2D eigenvalue weighted by Gasteiger charge is 2.34. The molecule has 1 aliphatic carbocycles. The van der Waals surface area contributed by atoms with Gasteiger partial charge in [0.1, 0.15) is 5.75 Å². The van der Waals surface area contributed by atoms with E-state index in [0.29, 0.717) is 6.61 Å². The van der Waals surface area contributed by atoms with Crippen molar-refractivity contribution in [1.82, 2.24) is 4.90 Å². The molecule has 0 saturated carbocycles. The van der Waals surface area contributed by atoms with Crippen molar-refractivity contribution in [3.63, 3.8) is 0 Å². The number of aliphatic hydroxyl groups excluding tert-OH is 1. The van der Waals surface area contributed by atoms with Gasteiger partial charge in [-0.1, -0.05) is 19.9 Å². The Morgan fingerprint density at radius 2 is 1.90 bits per heavy atom. The van der Waals surface area contributed by atoms with Crippen LogP contribution in [0.5, 0.6) is 5.75 Å². The zero-order valence-electron chi connectivity index (χ0n) is 12.9. The quantitative estimate of drug-likeness (QED) is 0.831. The van der Waals surface area contributed by atoms with Gasteiger partial charge >= 0.3 is 0 Å². The average Bonchev–Trinajstić information content (AvgIpc) is 2.76. The minimum Gasteiger partial charge on any atom is -0.494 e. The molecule has 3 nitrogen and oxygen atoms in total. The van der Waals surface area contributed by atoms with Crippen LogP contribution in [0.4, 0.5) is 0 Å². The van der Waals surface area contributed by atoms with E-state index in [4.69, 9.17) is 4.74 Å². The van der Waals surface area contributed by atoms with Crippen LogP contribution in [0.2, 0.25) is 0 Å². The molecule has 0 fully saturated rings.